The Labute approximate surface area is 99.0 Å². The molecule has 0 unspecified atom stereocenters. The summed E-state index contributed by atoms with van der Waals surface area (Å²) in [5.41, 5.74) is 0.409. The molecule has 0 aromatic carbocycles. The van der Waals surface area contributed by atoms with Crippen LogP contribution in [-0.2, 0) is 12.3 Å². The predicted octanol–water partition coefficient (Wildman–Crippen LogP) is 3.59. The van der Waals surface area contributed by atoms with Gasteiger partial charge in [-0.2, -0.15) is 5.26 Å². The summed E-state index contributed by atoms with van der Waals surface area (Å²) in [6.45, 7) is 0. The zero-order valence-corrected chi connectivity index (χ0v) is 9.82. The Morgan fingerprint density at radius 3 is 2.73 bits per heavy atom. The molecule has 0 aliphatic heterocycles. The molecule has 0 atom stereocenters. The van der Waals surface area contributed by atoms with E-state index >= 15 is 0 Å². The van der Waals surface area contributed by atoms with Crippen LogP contribution in [0.1, 0.15) is 23.2 Å². The Balaban J connectivity index is 3.30. The first-order chi connectivity index (χ1) is 7.11. The van der Waals surface area contributed by atoms with Gasteiger partial charge in [0.1, 0.15) is 0 Å². The normalized spacial score (nSPS) is 10.4. The number of hydrogen-bond donors (Lipinski definition) is 0. The molecule has 1 rings (SSSR count). The predicted molar refractivity (Wildman–Crippen MR) is 55.8 cm³/mol. The minimum atomic E-state index is -2.63. The maximum absolute atomic E-state index is 12.7. The number of alkyl halides is 3. The van der Waals surface area contributed by atoms with Crippen molar-refractivity contribution < 1.29 is 8.78 Å². The number of rotatable bonds is 3. The van der Waals surface area contributed by atoms with E-state index in [1.54, 1.807) is 0 Å². The summed E-state index contributed by atoms with van der Waals surface area (Å²) in [7, 11) is 0. The van der Waals surface area contributed by atoms with E-state index < -0.39 is 6.43 Å². The number of nitriles is 1. The second-order valence-corrected chi connectivity index (χ2v) is 3.79. The van der Waals surface area contributed by atoms with Crippen molar-refractivity contribution in [2.24, 2.45) is 0 Å². The Kier molecular flexibility index (Phi) is 4.43. The summed E-state index contributed by atoms with van der Waals surface area (Å²) in [6, 6.07) is 1.86. The summed E-state index contributed by atoms with van der Waals surface area (Å²) in [5.74, 6) is -0.0297. The number of nitrogens with zero attached hydrogens (tertiary/aromatic N) is 2. The van der Waals surface area contributed by atoms with Crippen molar-refractivity contribution in [3.63, 3.8) is 0 Å². The molecule has 0 radical (unpaired) electrons. The molecule has 80 valence electrons. The third kappa shape index (κ3) is 2.64. The molecular weight excluding hydrogens is 289 g/mol. The molecule has 0 amide bonds. The lowest BCUT2D eigenvalue weighted by atomic mass is 10.1. The molecule has 0 bridgehead atoms. The summed E-state index contributed by atoms with van der Waals surface area (Å²) in [6.07, 6.45) is -1.36. The van der Waals surface area contributed by atoms with E-state index in [-0.39, 0.29) is 27.9 Å². The average Bonchev–Trinajstić information content (AvgIpc) is 2.20. The van der Waals surface area contributed by atoms with Gasteiger partial charge in [-0.15, -0.1) is 11.6 Å². The van der Waals surface area contributed by atoms with Crippen molar-refractivity contribution in [1.82, 2.24) is 4.98 Å². The quantitative estimate of drug-likeness (QED) is 0.799. The van der Waals surface area contributed by atoms with E-state index in [4.69, 9.17) is 16.9 Å². The number of hydrogen-bond acceptors (Lipinski definition) is 2. The van der Waals surface area contributed by atoms with Crippen LogP contribution in [0.15, 0.2) is 10.7 Å². The van der Waals surface area contributed by atoms with Gasteiger partial charge in [0.25, 0.3) is 6.43 Å². The van der Waals surface area contributed by atoms with Crippen LogP contribution in [-0.4, -0.2) is 4.98 Å². The third-order valence-corrected chi connectivity index (χ3v) is 2.99. The molecule has 1 aromatic heterocycles. The molecule has 0 N–H and O–H groups in total. The molecule has 2 nitrogen and oxygen atoms in total. The van der Waals surface area contributed by atoms with Crippen LogP contribution in [0.2, 0.25) is 0 Å². The molecule has 0 fully saturated rings. The van der Waals surface area contributed by atoms with Crippen LogP contribution >= 0.6 is 27.5 Å². The van der Waals surface area contributed by atoms with E-state index in [1.807, 2.05) is 6.07 Å². The molecule has 0 aliphatic carbocycles. The summed E-state index contributed by atoms with van der Waals surface area (Å²) < 4.78 is 25.6. The van der Waals surface area contributed by atoms with E-state index in [9.17, 15) is 8.78 Å². The summed E-state index contributed by atoms with van der Waals surface area (Å²) in [4.78, 5) is 3.89. The van der Waals surface area contributed by atoms with Gasteiger partial charge in [0.05, 0.1) is 18.2 Å². The van der Waals surface area contributed by atoms with Crippen LogP contribution in [0.25, 0.3) is 0 Å². The van der Waals surface area contributed by atoms with Crippen LogP contribution < -0.4 is 0 Å². The zero-order valence-electron chi connectivity index (χ0n) is 7.48. The first kappa shape index (κ1) is 12.3. The van der Waals surface area contributed by atoms with Gasteiger partial charge in [-0.05, 0) is 21.5 Å². The maximum atomic E-state index is 12.7. The number of pyridine rings is 1. The summed E-state index contributed by atoms with van der Waals surface area (Å²) in [5, 5.41) is 8.48. The van der Waals surface area contributed by atoms with Gasteiger partial charge in [0.2, 0.25) is 0 Å². The topological polar surface area (TPSA) is 36.7 Å². The van der Waals surface area contributed by atoms with Crippen molar-refractivity contribution in [2.75, 3.05) is 0 Å². The van der Waals surface area contributed by atoms with Crippen molar-refractivity contribution in [1.29, 1.82) is 5.26 Å². The molecule has 1 heterocycles. The van der Waals surface area contributed by atoms with Crippen molar-refractivity contribution in [3.05, 3.63) is 27.5 Å². The second kappa shape index (κ2) is 5.38. The van der Waals surface area contributed by atoms with Crippen LogP contribution in [0.3, 0.4) is 0 Å². The molecule has 0 saturated carbocycles. The Morgan fingerprint density at radius 2 is 2.27 bits per heavy atom. The fraction of sp³-hybridized carbons (Fsp3) is 0.333. The highest BCUT2D eigenvalue weighted by atomic mass is 79.9. The first-order valence-corrected chi connectivity index (χ1v) is 5.31. The van der Waals surface area contributed by atoms with E-state index in [0.29, 0.717) is 5.69 Å². The van der Waals surface area contributed by atoms with Crippen molar-refractivity contribution in [3.8, 4) is 6.07 Å². The minimum absolute atomic E-state index is 0.0110. The third-order valence-electron chi connectivity index (χ3n) is 1.82. The average molecular weight is 296 g/mol. The SMILES string of the molecule is N#CCc1ncc(CCl)c(C(F)F)c1Br. The molecular formula is C9H6BrClF2N2. The van der Waals surface area contributed by atoms with Crippen LogP contribution in [0, 0.1) is 11.3 Å². The fourth-order valence-corrected chi connectivity index (χ4v) is 2.00. The number of halogens is 4. The van der Waals surface area contributed by atoms with Crippen molar-refractivity contribution in [2.45, 2.75) is 18.7 Å². The highest BCUT2D eigenvalue weighted by molar-refractivity contribution is 9.10. The molecule has 6 heteroatoms. The minimum Gasteiger partial charge on any atom is -0.259 e. The lowest BCUT2D eigenvalue weighted by Crippen LogP contribution is -2.01. The largest absolute Gasteiger partial charge is 0.265 e. The van der Waals surface area contributed by atoms with Gasteiger partial charge in [-0.25, -0.2) is 8.78 Å². The lowest BCUT2D eigenvalue weighted by molar-refractivity contribution is 0.149. The second-order valence-electron chi connectivity index (χ2n) is 2.73. The van der Waals surface area contributed by atoms with Gasteiger partial charge in [-0.1, -0.05) is 0 Å². The molecule has 0 saturated heterocycles. The lowest BCUT2D eigenvalue weighted by Gasteiger charge is -2.10. The fourth-order valence-electron chi connectivity index (χ4n) is 1.12. The maximum Gasteiger partial charge on any atom is 0.265 e. The first-order valence-electron chi connectivity index (χ1n) is 3.99. The summed E-state index contributed by atoms with van der Waals surface area (Å²) >= 11 is 8.54. The molecule has 1 aromatic rings. The Morgan fingerprint density at radius 1 is 1.60 bits per heavy atom. The number of aromatic nitrogens is 1. The zero-order chi connectivity index (χ0) is 11.4. The van der Waals surface area contributed by atoms with Gasteiger partial charge < -0.3 is 0 Å². The van der Waals surface area contributed by atoms with E-state index in [2.05, 4.69) is 20.9 Å². The van der Waals surface area contributed by atoms with Gasteiger partial charge >= 0.3 is 0 Å². The van der Waals surface area contributed by atoms with Crippen molar-refractivity contribution >= 4 is 27.5 Å². The van der Waals surface area contributed by atoms with E-state index in [1.165, 1.54) is 6.20 Å². The van der Waals surface area contributed by atoms with Gasteiger partial charge in [0, 0.05) is 22.1 Å². The van der Waals surface area contributed by atoms with Gasteiger partial charge in [0.15, 0.2) is 0 Å². The van der Waals surface area contributed by atoms with Crippen LogP contribution in [0.5, 0.6) is 0 Å². The molecule has 15 heavy (non-hydrogen) atoms. The highest BCUT2D eigenvalue weighted by Crippen LogP contribution is 2.33. The molecule has 0 spiro atoms. The van der Waals surface area contributed by atoms with Crippen LogP contribution in [0.4, 0.5) is 8.78 Å². The smallest absolute Gasteiger partial charge is 0.259 e. The molecule has 0 aliphatic rings. The highest BCUT2D eigenvalue weighted by Gasteiger charge is 2.19. The Bertz CT molecular complexity index is 404. The standard InChI is InChI=1S/C9H6BrClF2N2/c10-8-6(1-2-14)15-4-5(3-11)7(8)9(12)13/h4,9H,1,3H2. The van der Waals surface area contributed by atoms with E-state index in [0.717, 1.165) is 0 Å². The van der Waals surface area contributed by atoms with Gasteiger partial charge in [-0.3, -0.25) is 4.98 Å². The Hall–Kier alpha value is -0.730. The monoisotopic (exact) mass is 294 g/mol.